The minimum absolute atomic E-state index is 0.354. The molecule has 1 aromatic heterocycles. The van der Waals surface area contributed by atoms with Gasteiger partial charge in [-0.3, -0.25) is 4.90 Å². The molecule has 26 heavy (non-hydrogen) atoms. The number of H-pyrrole nitrogens is 1. The molecule has 1 aliphatic heterocycles. The number of rotatable bonds is 8. The fraction of sp³-hybridized carbons (Fsp3) is 0.476. The normalized spacial score (nSPS) is 16.5. The first-order chi connectivity index (χ1) is 12.7. The zero-order valence-electron chi connectivity index (χ0n) is 15.7. The van der Waals surface area contributed by atoms with Gasteiger partial charge in [0.05, 0.1) is 6.20 Å². The van der Waals surface area contributed by atoms with Gasteiger partial charge in [-0.1, -0.05) is 31.5 Å². The summed E-state index contributed by atoms with van der Waals surface area (Å²) in [5, 5.41) is 10.3. The monoisotopic (exact) mass is 357 g/mol. The average Bonchev–Trinajstić information content (AvgIpc) is 2.69. The van der Waals surface area contributed by atoms with E-state index in [9.17, 15) is 5.11 Å². The maximum atomic E-state index is 10.3. The van der Waals surface area contributed by atoms with E-state index in [0.717, 1.165) is 51.3 Å². The van der Waals surface area contributed by atoms with Crippen molar-refractivity contribution in [1.29, 1.82) is 0 Å². The number of piperazine rings is 1. The number of aliphatic hydroxyl groups excluding tert-OH is 1. The lowest BCUT2D eigenvalue weighted by Crippen LogP contribution is -3.16. The summed E-state index contributed by atoms with van der Waals surface area (Å²) in [7, 11) is 0. The van der Waals surface area contributed by atoms with Crippen LogP contribution < -0.4 is 19.5 Å². The van der Waals surface area contributed by atoms with E-state index in [4.69, 9.17) is 4.74 Å². The van der Waals surface area contributed by atoms with Crippen LogP contribution in [0.4, 0.5) is 5.82 Å². The summed E-state index contributed by atoms with van der Waals surface area (Å²) in [5.41, 5.74) is 1.33. The van der Waals surface area contributed by atoms with Crippen LogP contribution in [0, 0.1) is 0 Å². The third-order valence-corrected chi connectivity index (χ3v) is 4.93. The standard InChI is InChI=1S/C21H29N3O2/c1-2-5-18-7-9-20(10-8-18)26-17-19(25)16-23-12-14-24(15-13-23)21-6-3-4-11-22-21/h3-4,6-11,19,25H,2,5,12-17H2,1H3/p+2/t19-/m0/s1. The second kappa shape index (κ2) is 9.55. The summed E-state index contributed by atoms with van der Waals surface area (Å²) in [6.45, 7) is 7.34. The van der Waals surface area contributed by atoms with Crippen LogP contribution in [-0.4, -0.2) is 50.5 Å². The second-order valence-electron chi connectivity index (χ2n) is 7.05. The maximum Gasteiger partial charge on any atom is 0.274 e. The largest absolute Gasteiger partial charge is 0.491 e. The van der Waals surface area contributed by atoms with Crippen LogP contribution in [0.3, 0.4) is 0 Å². The molecule has 1 aromatic carbocycles. The van der Waals surface area contributed by atoms with Gasteiger partial charge in [0.25, 0.3) is 5.82 Å². The Morgan fingerprint density at radius 1 is 1.15 bits per heavy atom. The summed E-state index contributed by atoms with van der Waals surface area (Å²) < 4.78 is 5.75. The Morgan fingerprint density at radius 2 is 1.92 bits per heavy atom. The van der Waals surface area contributed by atoms with Gasteiger partial charge in [0.15, 0.2) is 0 Å². The molecule has 0 saturated carbocycles. The van der Waals surface area contributed by atoms with Crippen molar-refractivity contribution in [1.82, 2.24) is 0 Å². The lowest BCUT2D eigenvalue weighted by atomic mass is 10.1. The summed E-state index contributed by atoms with van der Waals surface area (Å²) in [5.74, 6) is 2.00. The molecule has 0 spiro atoms. The molecule has 0 aliphatic carbocycles. The van der Waals surface area contributed by atoms with E-state index < -0.39 is 6.10 Å². The predicted molar refractivity (Wildman–Crippen MR) is 103 cm³/mol. The van der Waals surface area contributed by atoms with Crippen molar-refractivity contribution in [3.63, 3.8) is 0 Å². The van der Waals surface area contributed by atoms with E-state index in [0.29, 0.717) is 6.61 Å². The second-order valence-corrected chi connectivity index (χ2v) is 7.05. The first-order valence-corrected chi connectivity index (χ1v) is 9.69. The van der Waals surface area contributed by atoms with E-state index in [1.54, 1.807) is 0 Å². The number of pyridine rings is 1. The predicted octanol–water partition coefficient (Wildman–Crippen LogP) is 0.598. The quantitative estimate of drug-likeness (QED) is 0.727. The van der Waals surface area contributed by atoms with E-state index in [1.807, 2.05) is 24.4 Å². The highest BCUT2D eigenvalue weighted by Gasteiger charge is 2.27. The van der Waals surface area contributed by atoms with E-state index in [-0.39, 0.29) is 0 Å². The fourth-order valence-electron chi connectivity index (χ4n) is 3.47. The van der Waals surface area contributed by atoms with Crippen molar-refractivity contribution in [2.45, 2.75) is 25.9 Å². The topological polar surface area (TPSA) is 51.3 Å². The van der Waals surface area contributed by atoms with Gasteiger partial charge >= 0.3 is 0 Å². The average molecular weight is 357 g/mol. The summed E-state index contributed by atoms with van der Waals surface area (Å²) in [4.78, 5) is 7.09. The number of nitrogens with one attached hydrogen (secondary N) is 2. The van der Waals surface area contributed by atoms with Crippen molar-refractivity contribution < 1.29 is 19.7 Å². The van der Waals surface area contributed by atoms with Gasteiger partial charge in [0.2, 0.25) is 0 Å². The Bertz CT molecular complexity index is 640. The van der Waals surface area contributed by atoms with Crippen molar-refractivity contribution in [2.75, 3.05) is 44.2 Å². The lowest BCUT2D eigenvalue weighted by molar-refractivity contribution is -0.903. The van der Waals surface area contributed by atoms with Crippen molar-refractivity contribution in [3.05, 3.63) is 54.2 Å². The van der Waals surface area contributed by atoms with Crippen LogP contribution in [0.25, 0.3) is 0 Å². The number of anilines is 1. The maximum absolute atomic E-state index is 10.3. The number of hydrogen-bond acceptors (Lipinski definition) is 3. The first kappa shape index (κ1) is 18.7. The van der Waals surface area contributed by atoms with E-state index in [1.165, 1.54) is 16.3 Å². The number of aromatic amines is 1. The van der Waals surface area contributed by atoms with Gasteiger partial charge in [-0.05, 0) is 30.2 Å². The minimum atomic E-state index is -0.435. The number of quaternary nitrogens is 1. The molecule has 3 N–H and O–H groups in total. The minimum Gasteiger partial charge on any atom is -0.491 e. The Kier molecular flexibility index (Phi) is 6.86. The van der Waals surface area contributed by atoms with Crippen LogP contribution in [0.2, 0.25) is 0 Å². The first-order valence-electron chi connectivity index (χ1n) is 9.69. The molecule has 0 bridgehead atoms. The van der Waals surface area contributed by atoms with Crippen LogP contribution in [0.15, 0.2) is 48.7 Å². The number of aliphatic hydroxyl groups is 1. The summed E-state index contributed by atoms with van der Waals surface area (Å²) in [6.07, 6.45) is 3.77. The van der Waals surface area contributed by atoms with Crippen molar-refractivity contribution in [3.8, 4) is 5.75 Å². The van der Waals surface area contributed by atoms with E-state index in [2.05, 4.69) is 41.1 Å². The molecule has 1 fully saturated rings. The van der Waals surface area contributed by atoms with E-state index >= 15 is 0 Å². The number of nitrogens with zero attached hydrogens (tertiary/aromatic N) is 1. The molecule has 0 unspecified atom stereocenters. The van der Waals surface area contributed by atoms with Crippen LogP contribution in [0.1, 0.15) is 18.9 Å². The van der Waals surface area contributed by atoms with Gasteiger partial charge < -0.3 is 14.7 Å². The number of benzene rings is 1. The zero-order chi connectivity index (χ0) is 18.2. The van der Waals surface area contributed by atoms with Crippen LogP contribution in [-0.2, 0) is 6.42 Å². The SMILES string of the molecule is CCCc1ccc(OC[C@@H](O)C[NH+]2CCN(c3cccc[nH+]3)CC2)cc1. The van der Waals surface area contributed by atoms with Crippen LogP contribution in [0.5, 0.6) is 5.75 Å². The molecule has 0 radical (unpaired) electrons. The van der Waals surface area contributed by atoms with Gasteiger partial charge in [-0.15, -0.1) is 0 Å². The van der Waals surface area contributed by atoms with Gasteiger partial charge in [0, 0.05) is 6.07 Å². The fourth-order valence-corrected chi connectivity index (χ4v) is 3.47. The molecule has 0 amide bonds. The number of hydrogen-bond donors (Lipinski definition) is 2. The van der Waals surface area contributed by atoms with Crippen LogP contribution >= 0.6 is 0 Å². The Morgan fingerprint density at radius 3 is 2.58 bits per heavy atom. The Balaban J connectivity index is 1.38. The molecule has 1 aliphatic rings. The lowest BCUT2D eigenvalue weighted by Gasteiger charge is -2.29. The third-order valence-electron chi connectivity index (χ3n) is 4.93. The highest BCUT2D eigenvalue weighted by atomic mass is 16.5. The third kappa shape index (κ3) is 5.44. The molecule has 5 nitrogen and oxygen atoms in total. The Labute approximate surface area is 156 Å². The molecule has 1 atom stereocenters. The summed E-state index contributed by atoms with van der Waals surface area (Å²) in [6, 6.07) is 14.4. The smallest absolute Gasteiger partial charge is 0.274 e. The van der Waals surface area contributed by atoms with Gasteiger partial charge in [-0.25, -0.2) is 4.98 Å². The summed E-state index contributed by atoms with van der Waals surface area (Å²) >= 11 is 0. The molecule has 140 valence electrons. The zero-order valence-corrected chi connectivity index (χ0v) is 15.7. The number of aromatic nitrogens is 1. The molecule has 1 saturated heterocycles. The highest BCUT2D eigenvalue weighted by molar-refractivity contribution is 5.32. The highest BCUT2D eigenvalue weighted by Crippen LogP contribution is 2.13. The van der Waals surface area contributed by atoms with Gasteiger partial charge in [0.1, 0.15) is 51.2 Å². The van der Waals surface area contributed by atoms with Crippen molar-refractivity contribution in [2.24, 2.45) is 0 Å². The molecule has 5 heteroatoms. The molecular weight excluding hydrogens is 326 g/mol. The Hall–Kier alpha value is -2.11. The molecular formula is C21H31N3O2+2. The molecule has 3 rings (SSSR count). The number of aryl methyl sites for hydroxylation is 1. The molecule has 2 aromatic rings. The number of ether oxygens (including phenoxy) is 1. The van der Waals surface area contributed by atoms with Crippen molar-refractivity contribution >= 4 is 5.82 Å². The molecule has 2 heterocycles. The van der Waals surface area contributed by atoms with Gasteiger partial charge in [-0.2, -0.15) is 0 Å².